The summed E-state index contributed by atoms with van der Waals surface area (Å²) in [7, 11) is -3.37. The van der Waals surface area contributed by atoms with Crippen molar-refractivity contribution in [2.24, 2.45) is 0 Å². The Morgan fingerprint density at radius 2 is 2.00 bits per heavy atom. The molecule has 5 heteroatoms. The Morgan fingerprint density at radius 1 is 1.35 bits per heavy atom. The van der Waals surface area contributed by atoms with Gasteiger partial charge in [0.2, 0.25) is 10.0 Å². The molecule has 1 aliphatic rings. The van der Waals surface area contributed by atoms with Gasteiger partial charge in [-0.15, -0.1) is 11.6 Å². The van der Waals surface area contributed by atoms with E-state index in [1.165, 1.54) is 4.31 Å². The van der Waals surface area contributed by atoms with Crippen LogP contribution >= 0.6 is 11.6 Å². The molecule has 1 fully saturated rings. The largest absolute Gasteiger partial charge is 0.243 e. The maximum absolute atomic E-state index is 12.4. The summed E-state index contributed by atoms with van der Waals surface area (Å²) < 4.78 is 26.3. The van der Waals surface area contributed by atoms with E-state index in [0.29, 0.717) is 17.3 Å². The van der Waals surface area contributed by atoms with E-state index in [1.807, 2.05) is 19.1 Å². The molecule has 0 amide bonds. The van der Waals surface area contributed by atoms with Crippen molar-refractivity contribution >= 4 is 21.6 Å². The molecule has 0 aromatic heterocycles. The van der Waals surface area contributed by atoms with Crippen molar-refractivity contribution in [1.82, 2.24) is 4.31 Å². The van der Waals surface area contributed by atoms with Gasteiger partial charge in [-0.25, -0.2) is 8.42 Å². The number of hydrogen-bond acceptors (Lipinski definition) is 2. The number of benzene rings is 1. The second kappa shape index (κ2) is 4.96. The zero-order valence-corrected chi connectivity index (χ0v) is 11.3. The van der Waals surface area contributed by atoms with E-state index >= 15 is 0 Å². The molecule has 94 valence electrons. The first-order chi connectivity index (χ1) is 8.05. The van der Waals surface area contributed by atoms with Crippen molar-refractivity contribution in [2.45, 2.75) is 30.7 Å². The van der Waals surface area contributed by atoms with E-state index in [0.717, 1.165) is 18.4 Å². The Balaban J connectivity index is 2.33. The molecule has 1 saturated heterocycles. The summed E-state index contributed by atoms with van der Waals surface area (Å²) in [5, 5.41) is 0. The predicted octanol–water partition coefficient (Wildman–Crippen LogP) is 2.39. The Hall–Kier alpha value is -0.580. The van der Waals surface area contributed by atoms with Crippen LogP contribution in [0.2, 0.25) is 0 Å². The van der Waals surface area contributed by atoms with E-state index in [9.17, 15) is 8.42 Å². The zero-order valence-electron chi connectivity index (χ0n) is 9.77. The van der Waals surface area contributed by atoms with E-state index in [-0.39, 0.29) is 6.04 Å². The number of aryl methyl sites for hydroxylation is 1. The van der Waals surface area contributed by atoms with Crippen LogP contribution in [0.1, 0.15) is 18.4 Å². The Kier molecular flexibility index (Phi) is 3.76. The lowest BCUT2D eigenvalue weighted by atomic mass is 10.2. The van der Waals surface area contributed by atoms with Crippen LogP contribution in [-0.4, -0.2) is 31.2 Å². The summed E-state index contributed by atoms with van der Waals surface area (Å²) >= 11 is 5.82. The third kappa shape index (κ3) is 2.49. The van der Waals surface area contributed by atoms with Gasteiger partial charge in [-0.3, -0.25) is 0 Å². The molecular weight excluding hydrogens is 258 g/mol. The second-order valence-corrected chi connectivity index (χ2v) is 6.58. The van der Waals surface area contributed by atoms with Gasteiger partial charge in [0.25, 0.3) is 0 Å². The topological polar surface area (TPSA) is 37.4 Å². The molecule has 1 aliphatic heterocycles. The third-order valence-electron chi connectivity index (χ3n) is 3.13. The quantitative estimate of drug-likeness (QED) is 0.793. The smallest absolute Gasteiger partial charge is 0.207 e. The molecule has 0 spiro atoms. The van der Waals surface area contributed by atoms with Crippen LogP contribution in [0.15, 0.2) is 29.2 Å². The molecule has 1 heterocycles. The first-order valence-electron chi connectivity index (χ1n) is 5.70. The molecule has 2 rings (SSSR count). The highest BCUT2D eigenvalue weighted by molar-refractivity contribution is 7.89. The fraction of sp³-hybridized carbons (Fsp3) is 0.500. The van der Waals surface area contributed by atoms with Gasteiger partial charge in [0, 0.05) is 18.5 Å². The lowest BCUT2D eigenvalue weighted by Crippen LogP contribution is -2.36. The van der Waals surface area contributed by atoms with E-state index < -0.39 is 10.0 Å². The standard InChI is InChI=1S/C12H16ClNO2S/c1-10-4-6-12(7-5-10)17(15,16)14-8-2-3-11(14)9-13/h4-7,11H,2-3,8-9H2,1H3. The van der Waals surface area contributed by atoms with Crippen LogP contribution < -0.4 is 0 Å². The summed E-state index contributed by atoms with van der Waals surface area (Å²) in [4.78, 5) is 0.361. The van der Waals surface area contributed by atoms with Crippen LogP contribution in [0.5, 0.6) is 0 Å². The van der Waals surface area contributed by atoms with Crippen LogP contribution in [-0.2, 0) is 10.0 Å². The van der Waals surface area contributed by atoms with Crippen molar-refractivity contribution in [1.29, 1.82) is 0 Å². The summed E-state index contributed by atoms with van der Waals surface area (Å²) in [6, 6.07) is 6.91. The highest BCUT2D eigenvalue weighted by atomic mass is 35.5. The molecule has 1 aromatic carbocycles. The average molecular weight is 274 g/mol. The first-order valence-corrected chi connectivity index (χ1v) is 7.67. The molecule has 3 nitrogen and oxygen atoms in total. The van der Waals surface area contributed by atoms with Crippen molar-refractivity contribution < 1.29 is 8.42 Å². The van der Waals surface area contributed by atoms with E-state index in [2.05, 4.69) is 0 Å². The lowest BCUT2D eigenvalue weighted by Gasteiger charge is -2.22. The summed E-state index contributed by atoms with van der Waals surface area (Å²) in [5.74, 6) is 0.366. The number of halogens is 1. The van der Waals surface area contributed by atoms with Crippen LogP contribution in [0, 0.1) is 6.92 Å². The minimum Gasteiger partial charge on any atom is -0.207 e. The molecule has 1 aromatic rings. The van der Waals surface area contributed by atoms with E-state index in [4.69, 9.17) is 11.6 Å². The third-order valence-corrected chi connectivity index (χ3v) is 5.45. The van der Waals surface area contributed by atoms with Crippen molar-refractivity contribution in [3.8, 4) is 0 Å². The molecule has 0 N–H and O–H groups in total. The average Bonchev–Trinajstić information content (AvgIpc) is 2.78. The molecule has 17 heavy (non-hydrogen) atoms. The Labute approximate surface area is 107 Å². The normalized spacial score (nSPS) is 21.9. The molecular formula is C12H16ClNO2S. The van der Waals surface area contributed by atoms with Crippen molar-refractivity contribution in [2.75, 3.05) is 12.4 Å². The number of hydrogen-bond donors (Lipinski definition) is 0. The molecule has 0 radical (unpaired) electrons. The molecule has 0 bridgehead atoms. The molecule has 1 unspecified atom stereocenters. The number of sulfonamides is 1. The van der Waals surface area contributed by atoms with Crippen LogP contribution in [0.25, 0.3) is 0 Å². The predicted molar refractivity (Wildman–Crippen MR) is 68.8 cm³/mol. The Bertz CT molecular complexity index is 484. The summed E-state index contributed by atoms with van der Waals surface area (Å²) in [5.41, 5.74) is 1.05. The van der Waals surface area contributed by atoms with E-state index in [1.54, 1.807) is 12.1 Å². The van der Waals surface area contributed by atoms with Gasteiger partial charge in [-0.2, -0.15) is 4.31 Å². The highest BCUT2D eigenvalue weighted by Gasteiger charge is 2.34. The second-order valence-electron chi connectivity index (χ2n) is 4.38. The Morgan fingerprint density at radius 3 is 2.59 bits per heavy atom. The van der Waals surface area contributed by atoms with Gasteiger partial charge in [0.15, 0.2) is 0 Å². The lowest BCUT2D eigenvalue weighted by molar-refractivity contribution is 0.411. The molecule has 0 saturated carbocycles. The van der Waals surface area contributed by atoms with Gasteiger partial charge >= 0.3 is 0 Å². The number of rotatable bonds is 3. The van der Waals surface area contributed by atoms with Gasteiger partial charge in [-0.05, 0) is 31.9 Å². The van der Waals surface area contributed by atoms with Crippen LogP contribution in [0.4, 0.5) is 0 Å². The van der Waals surface area contributed by atoms with Gasteiger partial charge < -0.3 is 0 Å². The monoisotopic (exact) mass is 273 g/mol. The summed E-state index contributed by atoms with van der Waals surface area (Å²) in [6.07, 6.45) is 1.75. The summed E-state index contributed by atoms with van der Waals surface area (Å²) in [6.45, 7) is 2.52. The van der Waals surface area contributed by atoms with Gasteiger partial charge in [0.05, 0.1) is 4.90 Å². The first kappa shape index (κ1) is 12.9. The van der Waals surface area contributed by atoms with Crippen molar-refractivity contribution in [3.63, 3.8) is 0 Å². The van der Waals surface area contributed by atoms with Crippen molar-refractivity contribution in [3.05, 3.63) is 29.8 Å². The maximum Gasteiger partial charge on any atom is 0.243 e. The number of alkyl halides is 1. The van der Waals surface area contributed by atoms with Gasteiger partial charge in [0.1, 0.15) is 0 Å². The molecule has 1 atom stereocenters. The number of nitrogens with zero attached hydrogens (tertiary/aromatic N) is 1. The van der Waals surface area contributed by atoms with Crippen LogP contribution in [0.3, 0.4) is 0 Å². The minimum atomic E-state index is -3.37. The fourth-order valence-electron chi connectivity index (χ4n) is 2.13. The maximum atomic E-state index is 12.4. The highest BCUT2D eigenvalue weighted by Crippen LogP contribution is 2.26. The SMILES string of the molecule is Cc1ccc(S(=O)(=O)N2CCCC2CCl)cc1. The fourth-order valence-corrected chi connectivity index (χ4v) is 4.22. The minimum absolute atomic E-state index is 0.0528. The van der Waals surface area contributed by atoms with Gasteiger partial charge in [-0.1, -0.05) is 17.7 Å². The zero-order chi connectivity index (χ0) is 12.5. The molecule has 0 aliphatic carbocycles.